The second-order valence-corrected chi connectivity index (χ2v) is 7.53. The van der Waals surface area contributed by atoms with Crippen LogP contribution in [0.3, 0.4) is 0 Å². The molecular formula is C17H28N2O2. The number of piperazine rings is 1. The van der Waals surface area contributed by atoms with Crippen LogP contribution in [-0.4, -0.2) is 34.8 Å². The largest absolute Gasteiger partial charge is 0.342 e. The third-order valence-electron chi connectivity index (χ3n) is 5.70. The molecule has 0 aromatic rings. The maximum Gasteiger partial charge on any atom is 0.246 e. The summed E-state index contributed by atoms with van der Waals surface area (Å²) in [5.41, 5.74) is 0. The van der Waals surface area contributed by atoms with Gasteiger partial charge in [-0.2, -0.15) is 0 Å². The lowest BCUT2D eigenvalue weighted by atomic mass is 9.87. The van der Waals surface area contributed by atoms with Crippen LogP contribution < -0.4 is 5.32 Å². The zero-order valence-electron chi connectivity index (χ0n) is 13.5. The number of carbonyl (C=O) groups excluding carboxylic acids is 2. The second-order valence-electron chi connectivity index (χ2n) is 7.53. The van der Waals surface area contributed by atoms with Gasteiger partial charge >= 0.3 is 0 Å². The fourth-order valence-electron chi connectivity index (χ4n) is 4.79. The lowest BCUT2D eigenvalue weighted by Gasteiger charge is -2.46. The summed E-state index contributed by atoms with van der Waals surface area (Å²) < 4.78 is 0. The fraction of sp³-hybridized carbons (Fsp3) is 0.882. The van der Waals surface area contributed by atoms with Crippen molar-refractivity contribution in [2.45, 2.75) is 77.4 Å². The maximum absolute atomic E-state index is 13.0. The molecule has 2 amide bonds. The van der Waals surface area contributed by atoms with Crippen LogP contribution in [0.5, 0.6) is 0 Å². The van der Waals surface area contributed by atoms with Gasteiger partial charge in [-0.3, -0.25) is 9.59 Å². The summed E-state index contributed by atoms with van der Waals surface area (Å²) in [6.45, 7) is 6.17. The first-order chi connectivity index (χ1) is 10.0. The van der Waals surface area contributed by atoms with Gasteiger partial charge in [-0.05, 0) is 43.4 Å². The van der Waals surface area contributed by atoms with Gasteiger partial charge in [0.05, 0.1) is 0 Å². The molecule has 3 fully saturated rings. The van der Waals surface area contributed by atoms with Crippen molar-refractivity contribution in [2.24, 2.45) is 17.8 Å². The Kier molecular flexibility index (Phi) is 3.98. The third-order valence-corrected chi connectivity index (χ3v) is 5.70. The van der Waals surface area contributed by atoms with Crippen molar-refractivity contribution in [2.75, 3.05) is 0 Å². The van der Waals surface area contributed by atoms with Gasteiger partial charge in [-0.25, -0.2) is 0 Å². The Hall–Kier alpha value is -1.06. The van der Waals surface area contributed by atoms with Crippen LogP contribution in [0, 0.1) is 17.8 Å². The Morgan fingerprint density at radius 1 is 1.24 bits per heavy atom. The van der Waals surface area contributed by atoms with Gasteiger partial charge < -0.3 is 10.2 Å². The van der Waals surface area contributed by atoms with E-state index in [-0.39, 0.29) is 29.8 Å². The molecule has 4 nitrogen and oxygen atoms in total. The fourth-order valence-corrected chi connectivity index (χ4v) is 4.79. The zero-order valence-corrected chi connectivity index (χ0v) is 13.5. The second kappa shape index (κ2) is 5.62. The van der Waals surface area contributed by atoms with Crippen molar-refractivity contribution in [3.8, 4) is 0 Å². The molecule has 118 valence electrons. The Morgan fingerprint density at radius 3 is 2.52 bits per heavy atom. The van der Waals surface area contributed by atoms with E-state index in [4.69, 9.17) is 0 Å². The van der Waals surface area contributed by atoms with E-state index < -0.39 is 0 Å². The summed E-state index contributed by atoms with van der Waals surface area (Å²) in [6, 6.07) is -0.249. The first-order valence-corrected chi connectivity index (χ1v) is 8.65. The van der Waals surface area contributed by atoms with Crippen molar-refractivity contribution in [1.82, 2.24) is 10.2 Å². The van der Waals surface area contributed by atoms with Crippen LogP contribution in [0.1, 0.15) is 59.3 Å². The maximum atomic E-state index is 13.0. The Bertz CT molecular complexity index is 435. The van der Waals surface area contributed by atoms with Crippen LogP contribution in [-0.2, 0) is 9.59 Å². The third kappa shape index (κ3) is 2.47. The first-order valence-electron chi connectivity index (χ1n) is 8.65. The van der Waals surface area contributed by atoms with E-state index in [0.717, 1.165) is 25.2 Å². The average molecular weight is 292 g/mol. The molecule has 1 aliphatic heterocycles. The monoisotopic (exact) mass is 292 g/mol. The quantitative estimate of drug-likeness (QED) is 0.864. The zero-order chi connectivity index (χ0) is 15.1. The molecule has 5 atom stereocenters. The van der Waals surface area contributed by atoms with E-state index in [1.807, 2.05) is 4.90 Å². The van der Waals surface area contributed by atoms with Crippen molar-refractivity contribution in [1.29, 1.82) is 0 Å². The van der Waals surface area contributed by atoms with Crippen molar-refractivity contribution in [3.05, 3.63) is 0 Å². The van der Waals surface area contributed by atoms with Crippen molar-refractivity contribution < 1.29 is 9.59 Å². The van der Waals surface area contributed by atoms with Gasteiger partial charge in [0.2, 0.25) is 11.8 Å². The smallest absolute Gasteiger partial charge is 0.246 e. The Balaban J connectivity index is 1.87. The Morgan fingerprint density at radius 2 is 2.00 bits per heavy atom. The van der Waals surface area contributed by atoms with Crippen LogP contribution in [0.4, 0.5) is 0 Å². The molecule has 1 N–H and O–H groups in total. The van der Waals surface area contributed by atoms with Crippen LogP contribution in [0.25, 0.3) is 0 Å². The first kappa shape index (κ1) is 14.9. The van der Waals surface area contributed by atoms with Crippen LogP contribution in [0.2, 0.25) is 0 Å². The standard InChI is InChI=1S/C17H28N2O2/c1-4-5-13-17(21)19(15(10(2)3)16(20)18-13)14-9-11-6-7-12(14)8-11/h10-15H,4-9H2,1-3H3,(H,18,20). The minimum atomic E-state index is -0.295. The van der Waals surface area contributed by atoms with E-state index >= 15 is 0 Å². The van der Waals surface area contributed by atoms with Gasteiger partial charge in [-0.15, -0.1) is 0 Å². The minimum Gasteiger partial charge on any atom is -0.342 e. The predicted molar refractivity (Wildman–Crippen MR) is 81.5 cm³/mol. The van der Waals surface area contributed by atoms with E-state index in [1.54, 1.807) is 0 Å². The van der Waals surface area contributed by atoms with Crippen LogP contribution >= 0.6 is 0 Å². The molecular weight excluding hydrogens is 264 g/mol. The molecule has 1 saturated heterocycles. The van der Waals surface area contributed by atoms with E-state index in [9.17, 15) is 9.59 Å². The highest BCUT2D eigenvalue weighted by molar-refractivity contribution is 5.97. The molecule has 3 aliphatic rings. The van der Waals surface area contributed by atoms with E-state index in [2.05, 4.69) is 26.1 Å². The number of amides is 2. The van der Waals surface area contributed by atoms with Crippen LogP contribution in [0.15, 0.2) is 0 Å². The van der Waals surface area contributed by atoms with E-state index in [1.165, 1.54) is 19.3 Å². The summed E-state index contributed by atoms with van der Waals surface area (Å²) >= 11 is 0. The number of carbonyl (C=O) groups is 2. The van der Waals surface area contributed by atoms with E-state index in [0.29, 0.717) is 12.0 Å². The van der Waals surface area contributed by atoms with Gasteiger partial charge in [0, 0.05) is 6.04 Å². The molecule has 2 aliphatic carbocycles. The molecule has 3 rings (SSSR count). The number of nitrogens with zero attached hydrogens (tertiary/aromatic N) is 1. The molecule has 2 saturated carbocycles. The number of hydrogen-bond donors (Lipinski definition) is 1. The molecule has 21 heavy (non-hydrogen) atoms. The lowest BCUT2D eigenvalue weighted by Crippen LogP contribution is -2.67. The molecule has 0 aromatic carbocycles. The van der Waals surface area contributed by atoms with Gasteiger partial charge in [0.1, 0.15) is 12.1 Å². The average Bonchev–Trinajstić information content (AvgIpc) is 3.04. The highest BCUT2D eigenvalue weighted by Crippen LogP contribution is 2.48. The van der Waals surface area contributed by atoms with Crippen molar-refractivity contribution >= 4 is 11.8 Å². The summed E-state index contributed by atoms with van der Waals surface area (Å²) in [5.74, 6) is 1.83. The summed E-state index contributed by atoms with van der Waals surface area (Å²) in [4.78, 5) is 27.5. The van der Waals surface area contributed by atoms with Crippen molar-refractivity contribution in [3.63, 3.8) is 0 Å². The molecule has 0 radical (unpaired) electrons. The molecule has 5 unspecified atom stereocenters. The molecule has 2 bridgehead atoms. The lowest BCUT2D eigenvalue weighted by molar-refractivity contribution is -0.155. The number of nitrogens with one attached hydrogen (secondary N) is 1. The molecule has 4 heteroatoms. The number of rotatable bonds is 4. The summed E-state index contributed by atoms with van der Waals surface area (Å²) in [6.07, 6.45) is 6.62. The molecule has 1 heterocycles. The SMILES string of the molecule is CCCC1NC(=O)C(C(C)C)N(C2CC3CCC2C3)C1=O. The number of hydrogen-bond acceptors (Lipinski definition) is 2. The normalized spacial score (nSPS) is 39.2. The minimum absolute atomic E-state index is 0.0609. The van der Waals surface area contributed by atoms with Gasteiger partial charge in [-0.1, -0.05) is 33.6 Å². The molecule has 0 spiro atoms. The highest BCUT2D eigenvalue weighted by Gasteiger charge is 2.51. The summed E-state index contributed by atoms with van der Waals surface area (Å²) in [7, 11) is 0. The number of fused-ring (bicyclic) bond motifs is 2. The Labute approximate surface area is 127 Å². The van der Waals surface area contributed by atoms with Gasteiger partial charge in [0.25, 0.3) is 0 Å². The predicted octanol–water partition coefficient (Wildman–Crippen LogP) is 2.33. The van der Waals surface area contributed by atoms with Gasteiger partial charge in [0.15, 0.2) is 0 Å². The summed E-state index contributed by atoms with van der Waals surface area (Å²) in [5, 5.41) is 2.97. The topological polar surface area (TPSA) is 49.4 Å². The molecule has 0 aromatic heterocycles. The highest BCUT2D eigenvalue weighted by atomic mass is 16.2.